The number of ether oxygens (including phenoxy) is 4. The van der Waals surface area contributed by atoms with Gasteiger partial charge in [-0.1, -0.05) is 48.5 Å². The molecule has 4 rings (SSSR count). The van der Waals surface area contributed by atoms with E-state index in [0.717, 1.165) is 26.6 Å². The van der Waals surface area contributed by atoms with Crippen LogP contribution in [0.1, 0.15) is 17.0 Å². The molecule has 2 aromatic rings. The maximum absolute atomic E-state index is 12.8. The van der Waals surface area contributed by atoms with Crippen molar-refractivity contribution in [2.75, 3.05) is 53.4 Å². The maximum Gasteiger partial charge on any atom is 0.423 e. The molecule has 1 fully saturated rings. The molecule has 32 heavy (non-hydrogen) atoms. The molecule has 172 valence electrons. The Balaban J connectivity index is 1.32. The van der Waals surface area contributed by atoms with Gasteiger partial charge in [-0.15, -0.1) is 0 Å². The monoisotopic (exact) mass is 461 g/mol. The third-order valence-electron chi connectivity index (χ3n) is 5.48. The number of carbonyl (C=O) groups excluding carboxylic acids is 1. The Morgan fingerprint density at radius 1 is 0.969 bits per heavy atom. The first-order valence-corrected chi connectivity index (χ1v) is 11.6. The van der Waals surface area contributed by atoms with Crippen LogP contribution in [0, 0.1) is 0 Å². The topological polar surface area (TPSA) is 83.5 Å². The van der Waals surface area contributed by atoms with Gasteiger partial charge in [0.15, 0.2) is 0 Å². The zero-order chi connectivity index (χ0) is 22.3. The fourth-order valence-corrected chi connectivity index (χ4v) is 4.87. The second-order valence-electron chi connectivity index (χ2n) is 7.47. The van der Waals surface area contributed by atoms with Crippen molar-refractivity contribution < 1.29 is 32.1 Å². The van der Waals surface area contributed by atoms with Crippen molar-refractivity contribution in [1.29, 1.82) is 0 Å². The van der Waals surface area contributed by atoms with E-state index in [1.807, 2.05) is 24.3 Å². The number of hydrogen-bond acceptors (Lipinski definition) is 7. The number of hydrogen-bond donors (Lipinski definition) is 0. The molecule has 1 aliphatic heterocycles. The lowest BCUT2D eigenvalue weighted by Crippen LogP contribution is -2.40. The van der Waals surface area contributed by atoms with E-state index in [4.69, 9.17) is 23.1 Å². The van der Waals surface area contributed by atoms with Gasteiger partial charge in [0.05, 0.1) is 45.7 Å². The van der Waals surface area contributed by atoms with E-state index in [1.54, 1.807) is 7.11 Å². The molecule has 1 heterocycles. The van der Waals surface area contributed by atoms with Crippen molar-refractivity contribution in [3.63, 3.8) is 0 Å². The average molecular weight is 462 g/mol. The fourth-order valence-electron chi connectivity index (χ4n) is 3.95. The zero-order valence-corrected chi connectivity index (χ0v) is 18.8. The second-order valence-corrected chi connectivity index (χ2v) is 8.53. The van der Waals surface area contributed by atoms with Crippen LogP contribution in [0.5, 0.6) is 0 Å². The molecule has 0 spiro atoms. The van der Waals surface area contributed by atoms with E-state index in [9.17, 15) is 9.00 Å². The van der Waals surface area contributed by atoms with Gasteiger partial charge >= 0.3 is 6.09 Å². The molecule has 1 unspecified atom stereocenters. The highest BCUT2D eigenvalue weighted by molar-refractivity contribution is 7.78. The molecule has 0 bridgehead atoms. The summed E-state index contributed by atoms with van der Waals surface area (Å²) in [5.41, 5.74) is 4.54. The first kappa shape index (κ1) is 22.9. The Kier molecular flexibility index (Phi) is 7.88. The predicted molar refractivity (Wildman–Crippen MR) is 118 cm³/mol. The van der Waals surface area contributed by atoms with E-state index < -0.39 is 23.4 Å². The highest BCUT2D eigenvalue weighted by Gasteiger charge is 2.39. The van der Waals surface area contributed by atoms with Crippen molar-refractivity contribution in [2.45, 2.75) is 12.0 Å². The van der Waals surface area contributed by atoms with Crippen LogP contribution in [0.4, 0.5) is 4.79 Å². The molecule has 1 saturated heterocycles. The van der Waals surface area contributed by atoms with Crippen LogP contribution in [-0.2, 0) is 34.4 Å². The fraction of sp³-hybridized carbons (Fsp3) is 0.435. The number of amides is 1. The second kappa shape index (κ2) is 11.0. The molecular weight excluding hydrogens is 434 g/mol. The summed E-state index contributed by atoms with van der Waals surface area (Å²) >= 11 is -1.89. The molecule has 1 amide bonds. The predicted octanol–water partition coefficient (Wildman–Crippen LogP) is 2.89. The van der Waals surface area contributed by atoms with E-state index >= 15 is 0 Å². The van der Waals surface area contributed by atoms with Gasteiger partial charge in [-0.05, 0) is 22.3 Å². The SMILES string of the molecule is COCCOCCOC[C@H]1COS(=O)N1C(=O)OCC1c2ccccc2-c2ccccc21. The van der Waals surface area contributed by atoms with Crippen LogP contribution in [-0.4, -0.2) is 74.0 Å². The summed E-state index contributed by atoms with van der Waals surface area (Å²) in [7, 11) is 1.61. The highest BCUT2D eigenvalue weighted by Crippen LogP contribution is 2.44. The largest absolute Gasteiger partial charge is 0.448 e. The number of nitrogens with zero attached hydrogens (tertiary/aromatic N) is 1. The van der Waals surface area contributed by atoms with Gasteiger partial charge in [0.25, 0.3) is 11.3 Å². The van der Waals surface area contributed by atoms with Gasteiger partial charge in [0, 0.05) is 13.0 Å². The first-order chi connectivity index (χ1) is 15.7. The summed E-state index contributed by atoms with van der Waals surface area (Å²) in [5.74, 6) is -0.0674. The van der Waals surface area contributed by atoms with Crippen LogP contribution >= 0.6 is 0 Å². The molecule has 2 aliphatic rings. The normalized spacial score (nSPS) is 19.7. The Morgan fingerprint density at radius 2 is 1.59 bits per heavy atom. The minimum absolute atomic E-state index is 0.0674. The number of carbonyl (C=O) groups is 1. The molecule has 0 radical (unpaired) electrons. The molecule has 9 heteroatoms. The third-order valence-corrected chi connectivity index (χ3v) is 6.59. The third kappa shape index (κ3) is 5.02. The van der Waals surface area contributed by atoms with Crippen molar-refractivity contribution >= 4 is 17.4 Å². The summed E-state index contributed by atoms with van der Waals surface area (Å²) in [5, 5.41) is 0. The Hall–Kier alpha value is -2.30. The van der Waals surface area contributed by atoms with Gasteiger partial charge in [0.1, 0.15) is 6.61 Å². The van der Waals surface area contributed by atoms with Crippen LogP contribution in [0.3, 0.4) is 0 Å². The summed E-state index contributed by atoms with van der Waals surface area (Å²) < 4.78 is 39.9. The average Bonchev–Trinajstić information content (AvgIpc) is 3.34. The van der Waals surface area contributed by atoms with Crippen LogP contribution in [0.25, 0.3) is 11.1 Å². The number of benzene rings is 2. The standard InChI is InChI=1S/C23H27NO7S/c1-27-10-11-28-12-13-29-14-17-15-31-32(26)24(17)23(25)30-16-22-20-8-4-2-6-18(20)19-7-3-5-9-21(19)22/h2-9,17,22H,10-16H2,1H3/t17-,32?/m0/s1. The molecule has 2 aromatic carbocycles. The van der Waals surface area contributed by atoms with Gasteiger partial charge in [0.2, 0.25) is 0 Å². The lowest BCUT2D eigenvalue weighted by Gasteiger charge is -2.21. The van der Waals surface area contributed by atoms with Crippen LogP contribution in [0.15, 0.2) is 48.5 Å². The summed E-state index contributed by atoms with van der Waals surface area (Å²) in [6.07, 6.45) is -0.673. The van der Waals surface area contributed by atoms with Gasteiger partial charge in [-0.25, -0.2) is 9.00 Å². The minimum Gasteiger partial charge on any atom is -0.448 e. The maximum atomic E-state index is 12.8. The first-order valence-electron chi connectivity index (χ1n) is 10.5. The summed E-state index contributed by atoms with van der Waals surface area (Å²) in [4.78, 5) is 12.8. The van der Waals surface area contributed by atoms with Crippen LogP contribution in [0.2, 0.25) is 0 Å². The molecule has 2 atom stereocenters. The van der Waals surface area contributed by atoms with Gasteiger partial charge in [-0.2, -0.15) is 4.31 Å². The van der Waals surface area contributed by atoms with Crippen molar-refractivity contribution in [2.24, 2.45) is 0 Å². The molecular formula is C23H27NO7S. The lowest BCUT2D eigenvalue weighted by molar-refractivity contribution is 0.0132. The Bertz CT molecular complexity index is 908. The van der Waals surface area contributed by atoms with Crippen LogP contribution < -0.4 is 0 Å². The highest BCUT2D eigenvalue weighted by atomic mass is 32.2. The smallest absolute Gasteiger partial charge is 0.423 e. The quantitative estimate of drug-likeness (QED) is 0.503. The summed E-state index contributed by atoms with van der Waals surface area (Å²) in [6, 6.07) is 15.7. The number of methoxy groups -OCH3 is 1. The van der Waals surface area contributed by atoms with Gasteiger partial charge < -0.3 is 18.9 Å². The molecule has 1 aliphatic carbocycles. The van der Waals surface area contributed by atoms with Crippen molar-refractivity contribution in [1.82, 2.24) is 4.31 Å². The van der Waals surface area contributed by atoms with Gasteiger partial charge in [-0.3, -0.25) is 4.18 Å². The molecule has 0 N–H and O–H groups in total. The van der Waals surface area contributed by atoms with E-state index in [2.05, 4.69) is 24.3 Å². The molecule has 0 saturated carbocycles. The number of rotatable bonds is 10. The number of fused-ring (bicyclic) bond motifs is 3. The van der Waals surface area contributed by atoms with E-state index in [-0.39, 0.29) is 25.7 Å². The molecule has 0 aromatic heterocycles. The van der Waals surface area contributed by atoms with Crippen molar-refractivity contribution in [3.05, 3.63) is 59.7 Å². The Morgan fingerprint density at radius 3 is 2.28 bits per heavy atom. The lowest BCUT2D eigenvalue weighted by atomic mass is 9.98. The Labute approximate surface area is 190 Å². The van der Waals surface area contributed by atoms with Crippen molar-refractivity contribution in [3.8, 4) is 11.1 Å². The summed E-state index contributed by atoms with van der Waals surface area (Å²) in [6.45, 7) is 2.23. The zero-order valence-electron chi connectivity index (χ0n) is 17.9. The van der Waals surface area contributed by atoms with E-state index in [0.29, 0.717) is 26.4 Å². The molecule has 8 nitrogen and oxygen atoms in total. The van der Waals surface area contributed by atoms with E-state index in [1.165, 1.54) is 0 Å². The minimum atomic E-state index is -1.89.